The summed E-state index contributed by atoms with van der Waals surface area (Å²) in [7, 11) is 0. The van der Waals surface area contributed by atoms with E-state index in [1.54, 1.807) is 12.1 Å². The van der Waals surface area contributed by atoms with Gasteiger partial charge in [-0.15, -0.1) is 0 Å². The molecule has 1 aliphatic heterocycles. The zero-order valence-corrected chi connectivity index (χ0v) is 10.1. The summed E-state index contributed by atoms with van der Waals surface area (Å²) in [6.45, 7) is 5.76. The molecule has 1 aromatic rings. The lowest BCUT2D eigenvalue weighted by molar-refractivity contribution is 0.0288. The molecule has 0 radical (unpaired) electrons. The third-order valence-corrected chi connectivity index (χ3v) is 3.06. The minimum atomic E-state index is -0.191. The average molecular weight is 235 g/mol. The maximum atomic E-state index is 12.7. The molecule has 92 valence electrons. The number of hydrogen-bond acceptors (Lipinski definition) is 2. The zero-order chi connectivity index (χ0) is 12.1. The summed E-state index contributed by atoms with van der Waals surface area (Å²) in [5.74, 6) is -0.191. The lowest BCUT2D eigenvalue weighted by Crippen LogP contribution is -2.41. The number of nitrogens with zero attached hydrogens (tertiary/aromatic N) is 1. The number of halogens is 1. The van der Waals surface area contributed by atoms with Gasteiger partial charge in [-0.1, -0.05) is 24.3 Å². The van der Waals surface area contributed by atoms with Gasteiger partial charge in [-0.2, -0.15) is 0 Å². The van der Waals surface area contributed by atoms with Gasteiger partial charge in [0, 0.05) is 19.1 Å². The van der Waals surface area contributed by atoms with E-state index in [1.165, 1.54) is 12.1 Å². The van der Waals surface area contributed by atoms with Gasteiger partial charge in [0.2, 0.25) is 0 Å². The van der Waals surface area contributed by atoms with Crippen LogP contribution >= 0.6 is 0 Å². The van der Waals surface area contributed by atoms with Crippen LogP contribution in [0.4, 0.5) is 4.39 Å². The first-order valence-electron chi connectivity index (χ1n) is 6.01. The van der Waals surface area contributed by atoms with Gasteiger partial charge >= 0.3 is 0 Å². The molecular formula is C14H18FNO. The lowest BCUT2D eigenvalue weighted by Gasteiger charge is -2.30. The Morgan fingerprint density at radius 1 is 1.24 bits per heavy atom. The highest BCUT2D eigenvalue weighted by Gasteiger charge is 2.14. The first-order chi connectivity index (χ1) is 8.25. The molecule has 0 spiro atoms. The van der Waals surface area contributed by atoms with Crippen LogP contribution in [0.3, 0.4) is 0 Å². The van der Waals surface area contributed by atoms with E-state index in [0.717, 1.165) is 31.9 Å². The Bertz CT molecular complexity index is 368. The van der Waals surface area contributed by atoms with Crippen LogP contribution in [-0.2, 0) is 4.74 Å². The minimum Gasteiger partial charge on any atom is -0.379 e. The van der Waals surface area contributed by atoms with Gasteiger partial charge in [0.15, 0.2) is 0 Å². The molecule has 0 saturated carbocycles. The van der Waals surface area contributed by atoms with Gasteiger partial charge in [0.1, 0.15) is 5.82 Å². The molecule has 1 saturated heterocycles. The van der Waals surface area contributed by atoms with E-state index in [0.29, 0.717) is 6.04 Å². The summed E-state index contributed by atoms with van der Waals surface area (Å²) >= 11 is 0. The zero-order valence-electron chi connectivity index (χ0n) is 10.1. The molecule has 1 aliphatic rings. The molecule has 0 aliphatic carbocycles. The topological polar surface area (TPSA) is 12.5 Å². The van der Waals surface area contributed by atoms with Crippen molar-refractivity contribution in [2.75, 3.05) is 26.3 Å². The van der Waals surface area contributed by atoms with E-state index in [9.17, 15) is 4.39 Å². The molecule has 1 aromatic carbocycles. The van der Waals surface area contributed by atoms with Crippen molar-refractivity contribution in [2.45, 2.75) is 13.0 Å². The van der Waals surface area contributed by atoms with Gasteiger partial charge in [0.05, 0.1) is 13.2 Å². The SMILES string of the molecule is C[C@@H](/C=C/c1ccc(F)cc1)N1CCOCC1. The van der Waals surface area contributed by atoms with Crippen molar-refractivity contribution >= 4 is 6.08 Å². The summed E-state index contributed by atoms with van der Waals surface area (Å²) < 4.78 is 18.0. The minimum absolute atomic E-state index is 0.191. The summed E-state index contributed by atoms with van der Waals surface area (Å²) in [4.78, 5) is 2.38. The van der Waals surface area contributed by atoms with Crippen LogP contribution in [-0.4, -0.2) is 37.2 Å². The maximum absolute atomic E-state index is 12.7. The fraction of sp³-hybridized carbons (Fsp3) is 0.429. The first-order valence-corrected chi connectivity index (χ1v) is 6.01. The molecule has 3 heteroatoms. The van der Waals surface area contributed by atoms with Gasteiger partial charge in [0.25, 0.3) is 0 Å². The normalized spacial score (nSPS) is 19.6. The number of rotatable bonds is 3. The van der Waals surface area contributed by atoms with E-state index in [4.69, 9.17) is 4.74 Å². The molecular weight excluding hydrogens is 217 g/mol. The van der Waals surface area contributed by atoms with Gasteiger partial charge in [-0.25, -0.2) is 4.39 Å². The first kappa shape index (κ1) is 12.3. The largest absolute Gasteiger partial charge is 0.379 e. The van der Waals surface area contributed by atoms with Crippen LogP contribution in [0.1, 0.15) is 12.5 Å². The van der Waals surface area contributed by atoms with Crippen LogP contribution in [0.25, 0.3) is 6.08 Å². The Morgan fingerprint density at radius 3 is 2.53 bits per heavy atom. The molecule has 0 aromatic heterocycles. The van der Waals surface area contributed by atoms with Crippen LogP contribution < -0.4 is 0 Å². The average Bonchev–Trinajstić information content (AvgIpc) is 2.39. The summed E-state index contributed by atoms with van der Waals surface area (Å²) in [5.41, 5.74) is 1.03. The van der Waals surface area contributed by atoms with Crippen molar-refractivity contribution in [1.82, 2.24) is 4.90 Å². The molecule has 1 fully saturated rings. The summed E-state index contributed by atoms with van der Waals surface area (Å²) in [6, 6.07) is 6.94. The monoisotopic (exact) mass is 235 g/mol. The Balaban J connectivity index is 1.92. The predicted molar refractivity (Wildman–Crippen MR) is 67.3 cm³/mol. The molecule has 0 N–H and O–H groups in total. The number of ether oxygens (including phenoxy) is 1. The molecule has 0 amide bonds. The number of benzene rings is 1. The fourth-order valence-corrected chi connectivity index (χ4v) is 1.93. The van der Waals surface area contributed by atoms with Crippen molar-refractivity contribution in [3.05, 3.63) is 41.7 Å². The van der Waals surface area contributed by atoms with E-state index in [2.05, 4.69) is 17.9 Å². The van der Waals surface area contributed by atoms with Crippen LogP contribution in [0.5, 0.6) is 0 Å². The van der Waals surface area contributed by atoms with E-state index in [-0.39, 0.29) is 5.82 Å². The van der Waals surface area contributed by atoms with Crippen molar-refractivity contribution in [1.29, 1.82) is 0 Å². The van der Waals surface area contributed by atoms with Crippen LogP contribution in [0.15, 0.2) is 30.3 Å². The van der Waals surface area contributed by atoms with Crippen molar-refractivity contribution in [3.8, 4) is 0 Å². The molecule has 1 atom stereocenters. The highest BCUT2D eigenvalue weighted by molar-refractivity contribution is 5.49. The van der Waals surface area contributed by atoms with Crippen LogP contribution in [0.2, 0.25) is 0 Å². The number of hydrogen-bond donors (Lipinski definition) is 0. The lowest BCUT2D eigenvalue weighted by atomic mass is 10.1. The standard InChI is InChI=1S/C14H18FNO/c1-12(16-8-10-17-11-9-16)2-3-13-4-6-14(15)7-5-13/h2-7,12H,8-11H2,1H3/b3-2+/t12-/m0/s1. The summed E-state index contributed by atoms with van der Waals surface area (Å²) in [6.07, 6.45) is 4.19. The summed E-state index contributed by atoms with van der Waals surface area (Å²) in [5, 5.41) is 0. The highest BCUT2D eigenvalue weighted by Crippen LogP contribution is 2.09. The molecule has 0 unspecified atom stereocenters. The maximum Gasteiger partial charge on any atom is 0.123 e. The second kappa shape index (κ2) is 5.94. The van der Waals surface area contributed by atoms with E-state index in [1.807, 2.05) is 6.08 Å². The van der Waals surface area contributed by atoms with E-state index < -0.39 is 0 Å². The van der Waals surface area contributed by atoms with Gasteiger partial charge < -0.3 is 4.74 Å². The predicted octanol–water partition coefficient (Wildman–Crippen LogP) is 2.56. The molecule has 0 bridgehead atoms. The Labute approximate surface area is 102 Å². The Hall–Kier alpha value is -1.19. The van der Waals surface area contributed by atoms with Gasteiger partial charge in [-0.05, 0) is 24.6 Å². The molecule has 2 nitrogen and oxygen atoms in total. The third-order valence-electron chi connectivity index (χ3n) is 3.06. The van der Waals surface area contributed by atoms with Gasteiger partial charge in [-0.3, -0.25) is 4.90 Å². The second-order valence-corrected chi connectivity index (χ2v) is 4.30. The van der Waals surface area contributed by atoms with Crippen molar-refractivity contribution in [2.24, 2.45) is 0 Å². The highest BCUT2D eigenvalue weighted by atomic mass is 19.1. The third kappa shape index (κ3) is 3.65. The van der Waals surface area contributed by atoms with Crippen LogP contribution in [0, 0.1) is 5.82 Å². The second-order valence-electron chi connectivity index (χ2n) is 4.30. The smallest absolute Gasteiger partial charge is 0.123 e. The van der Waals surface area contributed by atoms with E-state index >= 15 is 0 Å². The van der Waals surface area contributed by atoms with Crippen molar-refractivity contribution < 1.29 is 9.13 Å². The fourth-order valence-electron chi connectivity index (χ4n) is 1.93. The Kier molecular flexibility index (Phi) is 4.29. The molecule has 17 heavy (non-hydrogen) atoms. The molecule has 1 heterocycles. The van der Waals surface area contributed by atoms with Crippen molar-refractivity contribution in [3.63, 3.8) is 0 Å². The molecule has 2 rings (SSSR count). The number of morpholine rings is 1. The Morgan fingerprint density at radius 2 is 1.88 bits per heavy atom. The quantitative estimate of drug-likeness (QED) is 0.798.